The fraction of sp³-hybridized carbons (Fsp3) is 1.00. The predicted molar refractivity (Wildman–Crippen MR) is 76.4 cm³/mol. The Morgan fingerprint density at radius 1 is 0.556 bits per heavy atom. The quantitative estimate of drug-likeness (QED) is 0.284. The SMILES string of the molecule is CC(C)(C)P(C(C)(C)C)C(C)(C)C.F[B-](F)(F)F. The van der Waals surface area contributed by atoms with Crippen LogP contribution in [0.1, 0.15) is 62.3 Å². The van der Waals surface area contributed by atoms with Crippen LogP contribution < -0.4 is 0 Å². The number of rotatable bonds is 0. The highest BCUT2D eigenvalue weighted by Crippen LogP contribution is 2.66. The van der Waals surface area contributed by atoms with Crippen molar-refractivity contribution in [3.8, 4) is 0 Å². The van der Waals surface area contributed by atoms with Crippen LogP contribution in [0.2, 0.25) is 0 Å². The lowest BCUT2D eigenvalue weighted by Crippen LogP contribution is -2.34. The molecule has 0 unspecified atom stereocenters. The van der Waals surface area contributed by atoms with Gasteiger partial charge in [-0.2, -0.15) is 0 Å². The minimum absolute atomic E-state index is 0.0162. The second kappa shape index (κ2) is 6.11. The molecule has 18 heavy (non-hydrogen) atoms. The van der Waals surface area contributed by atoms with Gasteiger partial charge < -0.3 is 17.3 Å². The molecule has 0 bridgehead atoms. The average Bonchev–Trinajstić information content (AvgIpc) is 1.65. The maximum Gasteiger partial charge on any atom is 0.673 e. The van der Waals surface area contributed by atoms with Crippen LogP contribution in [-0.4, -0.2) is 22.7 Å². The molecule has 0 atom stereocenters. The van der Waals surface area contributed by atoms with Crippen LogP contribution in [0.4, 0.5) is 17.3 Å². The molecule has 0 amide bonds. The first kappa shape index (κ1) is 20.5. The van der Waals surface area contributed by atoms with Gasteiger partial charge in [0.25, 0.3) is 0 Å². The van der Waals surface area contributed by atoms with E-state index < -0.39 is 7.25 Å². The number of halogens is 4. The summed E-state index contributed by atoms with van der Waals surface area (Å²) >= 11 is 0. The lowest BCUT2D eigenvalue weighted by atomic mass is 10.2. The smallest absolute Gasteiger partial charge is 0.418 e. The molecule has 0 N–H and O–H groups in total. The van der Waals surface area contributed by atoms with E-state index in [9.17, 15) is 17.3 Å². The lowest BCUT2D eigenvalue weighted by molar-refractivity contribution is 0.368. The molecular formula is C12H27BF4P-. The minimum Gasteiger partial charge on any atom is -0.418 e. The van der Waals surface area contributed by atoms with Crippen LogP contribution in [0.15, 0.2) is 0 Å². The summed E-state index contributed by atoms with van der Waals surface area (Å²) in [4.78, 5) is 0. The zero-order chi connectivity index (χ0) is 15.6. The normalized spacial score (nSPS) is 14.3. The first-order valence-electron chi connectivity index (χ1n) is 6.04. The molecule has 0 aromatic heterocycles. The van der Waals surface area contributed by atoms with Crippen LogP contribution in [0, 0.1) is 0 Å². The molecule has 0 saturated heterocycles. The fourth-order valence-corrected chi connectivity index (χ4v) is 9.06. The Bertz CT molecular complexity index is 203. The molecule has 0 aromatic carbocycles. The van der Waals surface area contributed by atoms with Gasteiger partial charge in [-0.15, -0.1) is 0 Å². The average molecular weight is 289 g/mol. The van der Waals surface area contributed by atoms with Gasteiger partial charge in [0.2, 0.25) is 0 Å². The van der Waals surface area contributed by atoms with Gasteiger partial charge in [-0.1, -0.05) is 70.2 Å². The Balaban J connectivity index is 0. The van der Waals surface area contributed by atoms with E-state index in [-0.39, 0.29) is 7.92 Å². The van der Waals surface area contributed by atoms with Crippen molar-refractivity contribution in [3.05, 3.63) is 0 Å². The maximum atomic E-state index is 9.75. The van der Waals surface area contributed by atoms with Crippen molar-refractivity contribution in [2.75, 3.05) is 0 Å². The standard InChI is InChI=1S/C12H27P.BF4/c1-10(2,3)13(11(4,5)6)12(7,8)9;2-1(3,4)5/h1-9H3;/q;-1. The Kier molecular flexibility index (Phi) is 6.97. The molecular weight excluding hydrogens is 262 g/mol. The zero-order valence-corrected chi connectivity index (χ0v) is 13.9. The Hall–Kier alpha value is 0.215. The molecule has 0 rings (SSSR count). The molecule has 112 valence electrons. The van der Waals surface area contributed by atoms with Gasteiger partial charge in [-0.05, 0) is 15.5 Å². The third-order valence-electron chi connectivity index (χ3n) is 2.01. The summed E-state index contributed by atoms with van der Waals surface area (Å²) < 4.78 is 39.0. The summed E-state index contributed by atoms with van der Waals surface area (Å²) in [7, 11) is -5.98. The van der Waals surface area contributed by atoms with Gasteiger partial charge in [0.05, 0.1) is 0 Å². The first-order valence-corrected chi connectivity index (χ1v) is 7.39. The van der Waals surface area contributed by atoms with Crippen LogP contribution in [0.3, 0.4) is 0 Å². The Morgan fingerprint density at radius 3 is 0.667 bits per heavy atom. The van der Waals surface area contributed by atoms with E-state index in [2.05, 4.69) is 62.3 Å². The highest BCUT2D eigenvalue weighted by Gasteiger charge is 2.41. The van der Waals surface area contributed by atoms with Gasteiger partial charge in [0.1, 0.15) is 0 Å². The first-order chi connectivity index (χ1) is 7.37. The lowest BCUT2D eigenvalue weighted by Gasteiger charge is -2.49. The third kappa shape index (κ3) is 11.3. The molecule has 0 heterocycles. The zero-order valence-electron chi connectivity index (χ0n) is 13.0. The Morgan fingerprint density at radius 2 is 0.667 bits per heavy atom. The molecule has 0 saturated carbocycles. The fourth-order valence-electron chi connectivity index (χ4n) is 3.02. The van der Waals surface area contributed by atoms with Crippen LogP contribution in [0.25, 0.3) is 0 Å². The highest BCUT2D eigenvalue weighted by atomic mass is 31.1. The highest BCUT2D eigenvalue weighted by molar-refractivity contribution is 7.62. The van der Waals surface area contributed by atoms with E-state index in [4.69, 9.17) is 0 Å². The summed E-state index contributed by atoms with van der Waals surface area (Å²) in [6, 6.07) is 0. The van der Waals surface area contributed by atoms with Crippen LogP contribution in [0.5, 0.6) is 0 Å². The van der Waals surface area contributed by atoms with Gasteiger partial charge >= 0.3 is 7.25 Å². The molecule has 6 heteroatoms. The molecule has 0 aliphatic heterocycles. The van der Waals surface area contributed by atoms with Crippen molar-refractivity contribution in [2.45, 2.75) is 77.8 Å². The monoisotopic (exact) mass is 289 g/mol. The van der Waals surface area contributed by atoms with E-state index in [1.54, 1.807) is 0 Å². The van der Waals surface area contributed by atoms with E-state index >= 15 is 0 Å². The largest absolute Gasteiger partial charge is 0.673 e. The van der Waals surface area contributed by atoms with Gasteiger partial charge in [0, 0.05) is 0 Å². The predicted octanol–water partition coefficient (Wildman–Crippen LogP) is 6.16. The topological polar surface area (TPSA) is 0 Å². The van der Waals surface area contributed by atoms with Crippen molar-refractivity contribution < 1.29 is 17.3 Å². The van der Waals surface area contributed by atoms with Gasteiger partial charge in [-0.3, -0.25) is 0 Å². The summed E-state index contributed by atoms with van der Waals surface area (Å²) in [5.41, 5.74) is 0. The summed E-state index contributed by atoms with van der Waals surface area (Å²) in [6.45, 7) is 21.5. The minimum atomic E-state index is -6.00. The summed E-state index contributed by atoms with van der Waals surface area (Å²) in [5.74, 6) is 0. The molecule has 0 spiro atoms. The Labute approximate surface area is 111 Å². The second-order valence-corrected chi connectivity index (χ2v) is 12.0. The second-order valence-electron chi connectivity index (χ2n) is 7.34. The van der Waals surface area contributed by atoms with Gasteiger partial charge in [-0.25, -0.2) is 0 Å². The van der Waals surface area contributed by atoms with Crippen molar-refractivity contribution >= 4 is 15.2 Å². The van der Waals surface area contributed by atoms with Crippen molar-refractivity contribution in [2.24, 2.45) is 0 Å². The molecule has 0 aliphatic carbocycles. The molecule has 0 aromatic rings. The number of hydrogen-bond acceptors (Lipinski definition) is 0. The summed E-state index contributed by atoms with van der Waals surface area (Å²) in [5, 5.41) is 1.35. The van der Waals surface area contributed by atoms with E-state index in [1.165, 1.54) is 0 Å². The molecule has 0 radical (unpaired) electrons. The third-order valence-corrected chi connectivity index (χ3v) is 6.04. The molecule has 0 fully saturated rings. The van der Waals surface area contributed by atoms with Crippen molar-refractivity contribution in [3.63, 3.8) is 0 Å². The maximum absolute atomic E-state index is 9.75. The van der Waals surface area contributed by atoms with E-state index in [0.717, 1.165) is 0 Å². The van der Waals surface area contributed by atoms with E-state index in [1.807, 2.05) is 0 Å². The molecule has 0 aliphatic rings. The van der Waals surface area contributed by atoms with Crippen LogP contribution in [-0.2, 0) is 0 Å². The van der Waals surface area contributed by atoms with Gasteiger partial charge in [0.15, 0.2) is 0 Å². The molecule has 0 nitrogen and oxygen atoms in total. The number of hydrogen-bond donors (Lipinski definition) is 0. The van der Waals surface area contributed by atoms with Crippen molar-refractivity contribution in [1.82, 2.24) is 0 Å². The summed E-state index contributed by atoms with van der Waals surface area (Å²) in [6.07, 6.45) is 0. The van der Waals surface area contributed by atoms with Crippen molar-refractivity contribution in [1.29, 1.82) is 0 Å². The van der Waals surface area contributed by atoms with Crippen LogP contribution >= 0.6 is 7.92 Å². The van der Waals surface area contributed by atoms with E-state index in [0.29, 0.717) is 15.5 Å².